The number of aliphatic hydroxyl groups excluding tert-OH is 1. The van der Waals surface area contributed by atoms with Crippen LogP contribution in [0, 0.1) is 16.6 Å². The summed E-state index contributed by atoms with van der Waals surface area (Å²) in [7, 11) is 0. The van der Waals surface area contributed by atoms with Crippen molar-refractivity contribution < 1.29 is 5.11 Å². The van der Waals surface area contributed by atoms with E-state index in [9.17, 15) is 5.11 Å². The summed E-state index contributed by atoms with van der Waals surface area (Å²) in [6, 6.07) is 0. The average Bonchev–Trinajstić information content (AvgIpc) is 3.09. The van der Waals surface area contributed by atoms with Crippen LogP contribution >= 0.6 is 12.2 Å². The summed E-state index contributed by atoms with van der Waals surface area (Å²) in [5, 5.41) is 14.0. The van der Waals surface area contributed by atoms with E-state index in [1.807, 2.05) is 9.25 Å². The Morgan fingerprint density at radius 3 is 2.64 bits per heavy atom. The number of hydrogen-bond acceptors (Lipinski definition) is 4. The highest BCUT2D eigenvalue weighted by atomic mass is 32.1. The van der Waals surface area contributed by atoms with E-state index in [-0.39, 0.29) is 6.61 Å². The lowest BCUT2D eigenvalue weighted by molar-refractivity contribution is 0.222. The molecule has 1 N–H and O–H groups in total. The van der Waals surface area contributed by atoms with Crippen molar-refractivity contribution in [1.29, 1.82) is 0 Å². The van der Waals surface area contributed by atoms with Crippen molar-refractivity contribution >= 4 is 12.2 Å². The van der Waals surface area contributed by atoms with Gasteiger partial charge in [0, 0.05) is 19.6 Å². The molecule has 1 fully saturated rings. The van der Waals surface area contributed by atoms with Gasteiger partial charge in [-0.25, -0.2) is 4.68 Å². The first kappa shape index (κ1) is 17.6. The Balaban J connectivity index is 2.04. The van der Waals surface area contributed by atoms with Gasteiger partial charge >= 0.3 is 0 Å². The summed E-state index contributed by atoms with van der Waals surface area (Å²) in [4.78, 5) is 2.45. The van der Waals surface area contributed by atoms with Crippen LogP contribution in [0.1, 0.15) is 52.3 Å². The first-order chi connectivity index (χ1) is 10.6. The normalized spacial score (nSPS) is 19.4. The third-order valence-corrected chi connectivity index (χ3v) is 5.38. The van der Waals surface area contributed by atoms with E-state index in [0.717, 1.165) is 49.3 Å². The standard InChI is InChI=1S/C16H30N4OS/c1-4-8-19-15(11-21)17-20(16(19)22)12-18-9-7-14(10-18)13(5-2)6-3/h13-14,21H,4-12H2,1-3H3. The highest BCUT2D eigenvalue weighted by Crippen LogP contribution is 2.28. The number of hydrogen-bond donors (Lipinski definition) is 1. The van der Waals surface area contributed by atoms with Crippen LogP contribution in [0.25, 0.3) is 0 Å². The number of aromatic nitrogens is 3. The Morgan fingerprint density at radius 2 is 2.05 bits per heavy atom. The topological polar surface area (TPSA) is 46.2 Å². The molecule has 0 spiro atoms. The van der Waals surface area contributed by atoms with Gasteiger partial charge in [-0.15, -0.1) is 0 Å². The second kappa shape index (κ2) is 8.22. The molecule has 0 saturated carbocycles. The predicted octanol–water partition coefficient (Wildman–Crippen LogP) is 3.03. The third kappa shape index (κ3) is 3.78. The van der Waals surface area contributed by atoms with Crippen molar-refractivity contribution in [2.75, 3.05) is 13.1 Å². The number of aliphatic hydroxyl groups is 1. The molecule has 0 amide bonds. The fourth-order valence-electron chi connectivity index (χ4n) is 3.66. The van der Waals surface area contributed by atoms with Gasteiger partial charge in [0.15, 0.2) is 10.6 Å². The van der Waals surface area contributed by atoms with Gasteiger partial charge in [-0.2, -0.15) is 5.10 Å². The van der Waals surface area contributed by atoms with E-state index in [4.69, 9.17) is 12.2 Å². The summed E-state index contributed by atoms with van der Waals surface area (Å²) in [5.74, 6) is 2.32. The van der Waals surface area contributed by atoms with Gasteiger partial charge in [0.25, 0.3) is 0 Å². The maximum absolute atomic E-state index is 9.47. The van der Waals surface area contributed by atoms with Crippen LogP contribution in [-0.2, 0) is 19.8 Å². The molecule has 126 valence electrons. The second-order valence-electron chi connectivity index (χ2n) is 6.35. The van der Waals surface area contributed by atoms with E-state index in [0.29, 0.717) is 5.82 Å². The van der Waals surface area contributed by atoms with Crippen molar-refractivity contribution in [3.63, 3.8) is 0 Å². The summed E-state index contributed by atoms with van der Waals surface area (Å²) in [6.45, 7) is 10.5. The molecule has 1 aromatic rings. The fraction of sp³-hybridized carbons (Fsp3) is 0.875. The Morgan fingerprint density at radius 1 is 1.32 bits per heavy atom. The molecule has 1 saturated heterocycles. The second-order valence-corrected chi connectivity index (χ2v) is 6.72. The van der Waals surface area contributed by atoms with Crippen LogP contribution in [0.2, 0.25) is 0 Å². The maximum Gasteiger partial charge on any atom is 0.199 e. The molecule has 2 heterocycles. The smallest absolute Gasteiger partial charge is 0.199 e. The van der Waals surface area contributed by atoms with Gasteiger partial charge in [0.05, 0.1) is 6.67 Å². The Kier molecular flexibility index (Phi) is 6.59. The molecule has 0 bridgehead atoms. The lowest BCUT2D eigenvalue weighted by Gasteiger charge is -2.21. The molecular weight excluding hydrogens is 296 g/mol. The monoisotopic (exact) mass is 326 g/mol. The van der Waals surface area contributed by atoms with Crippen LogP contribution < -0.4 is 0 Å². The SMILES string of the molecule is CCCn1c(CO)nn(CN2CCC(C(CC)CC)C2)c1=S. The van der Waals surface area contributed by atoms with Crippen molar-refractivity contribution in [3.05, 3.63) is 10.6 Å². The first-order valence-corrected chi connectivity index (χ1v) is 9.05. The van der Waals surface area contributed by atoms with Crippen molar-refractivity contribution in [2.45, 2.75) is 66.3 Å². The predicted molar refractivity (Wildman–Crippen MR) is 91.0 cm³/mol. The third-order valence-electron chi connectivity index (χ3n) is 4.95. The number of rotatable bonds is 8. The van der Waals surface area contributed by atoms with E-state index in [2.05, 4.69) is 30.8 Å². The quantitative estimate of drug-likeness (QED) is 0.746. The van der Waals surface area contributed by atoms with E-state index in [1.54, 1.807) is 0 Å². The fourth-order valence-corrected chi connectivity index (χ4v) is 3.96. The molecule has 1 aliphatic heterocycles. The van der Waals surface area contributed by atoms with Crippen LogP contribution in [0.5, 0.6) is 0 Å². The number of nitrogens with zero attached hydrogens (tertiary/aromatic N) is 4. The van der Waals surface area contributed by atoms with Crippen LogP contribution in [0.4, 0.5) is 0 Å². The van der Waals surface area contributed by atoms with Gasteiger partial charge in [-0.05, 0) is 36.9 Å². The van der Waals surface area contributed by atoms with Gasteiger partial charge in [-0.3, -0.25) is 4.90 Å². The van der Waals surface area contributed by atoms with Crippen LogP contribution in [-0.4, -0.2) is 37.4 Å². The van der Waals surface area contributed by atoms with Crippen molar-refractivity contribution in [2.24, 2.45) is 11.8 Å². The largest absolute Gasteiger partial charge is 0.388 e. The minimum absolute atomic E-state index is 0.0486. The summed E-state index contributed by atoms with van der Waals surface area (Å²) in [5.41, 5.74) is 0. The minimum atomic E-state index is -0.0486. The van der Waals surface area contributed by atoms with E-state index in [1.165, 1.54) is 19.3 Å². The zero-order chi connectivity index (χ0) is 16.1. The zero-order valence-electron chi connectivity index (χ0n) is 14.2. The molecule has 1 atom stereocenters. The van der Waals surface area contributed by atoms with Gasteiger partial charge in [-0.1, -0.05) is 33.6 Å². The Bertz CT molecular complexity index is 521. The lowest BCUT2D eigenvalue weighted by Crippen LogP contribution is -2.26. The molecular formula is C16H30N4OS. The summed E-state index contributed by atoms with van der Waals surface area (Å²) < 4.78 is 4.58. The molecule has 22 heavy (non-hydrogen) atoms. The lowest BCUT2D eigenvalue weighted by atomic mass is 9.87. The van der Waals surface area contributed by atoms with Crippen LogP contribution in [0.15, 0.2) is 0 Å². The minimum Gasteiger partial charge on any atom is -0.388 e. The molecule has 0 radical (unpaired) electrons. The van der Waals surface area contributed by atoms with E-state index >= 15 is 0 Å². The van der Waals surface area contributed by atoms with Gasteiger partial charge in [0.1, 0.15) is 6.61 Å². The Labute approximate surface area is 138 Å². The van der Waals surface area contributed by atoms with E-state index < -0.39 is 0 Å². The first-order valence-electron chi connectivity index (χ1n) is 8.64. The zero-order valence-corrected chi connectivity index (χ0v) is 15.0. The molecule has 1 unspecified atom stereocenters. The summed E-state index contributed by atoms with van der Waals surface area (Å²) in [6.07, 6.45) is 4.82. The van der Waals surface area contributed by atoms with Crippen molar-refractivity contribution in [3.8, 4) is 0 Å². The molecule has 1 aliphatic rings. The van der Waals surface area contributed by atoms with Crippen LogP contribution in [0.3, 0.4) is 0 Å². The molecule has 5 nitrogen and oxygen atoms in total. The van der Waals surface area contributed by atoms with Crippen molar-refractivity contribution in [1.82, 2.24) is 19.2 Å². The molecule has 0 aliphatic carbocycles. The maximum atomic E-state index is 9.47. The molecule has 1 aromatic heterocycles. The van der Waals surface area contributed by atoms with Gasteiger partial charge in [0.2, 0.25) is 0 Å². The highest BCUT2D eigenvalue weighted by Gasteiger charge is 2.28. The Hall–Kier alpha value is -0.720. The summed E-state index contributed by atoms with van der Waals surface area (Å²) >= 11 is 5.53. The molecule has 0 aromatic carbocycles. The van der Waals surface area contributed by atoms with Gasteiger partial charge < -0.3 is 9.67 Å². The number of likely N-dealkylation sites (tertiary alicyclic amines) is 1. The average molecular weight is 327 g/mol. The molecule has 2 rings (SSSR count). The molecule has 6 heteroatoms. The highest BCUT2D eigenvalue weighted by molar-refractivity contribution is 7.71.